The highest BCUT2D eigenvalue weighted by atomic mass is 19.1. The smallest absolute Gasteiger partial charge is 0.316 e. The first-order chi connectivity index (χ1) is 17.0. The Morgan fingerprint density at radius 1 is 0.914 bits per heavy atom. The van der Waals surface area contributed by atoms with Gasteiger partial charge in [-0.1, -0.05) is 41.5 Å². The van der Waals surface area contributed by atoms with E-state index in [0.717, 1.165) is 11.1 Å². The lowest BCUT2D eigenvalue weighted by Crippen LogP contribution is -2.26. The van der Waals surface area contributed by atoms with Crippen molar-refractivity contribution in [2.24, 2.45) is 11.0 Å². The zero-order chi connectivity index (χ0) is 25.3. The molecule has 0 fully saturated rings. The molecule has 0 aliphatic carbocycles. The molecule has 0 heterocycles. The van der Waals surface area contributed by atoms with E-state index in [0.29, 0.717) is 58.2 Å². The number of Topliss-reactive ketones (excluding diaryl/α,β-unsaturated/α-hetero) is 1. The van der Waals surface area contributed by atoms with Crippen LogP contribution in [0.2, 0.25) is 0 Å². The van der Waals surface area contributed by atoms with E-state index in [1.807, 2.05) is 0 Å². The highest BCUT2D eigenvalue weighted by Crippen LogP contribution is 2.19. The molecule has 9 nitrogen and oxygen atoms in total. The number of esters is 1. The average molecular weight is 488 g/mol. The van der Waals surface area contributed by atoms with Gasteiger partial charge in [-0.05, 0) is 41.6 Å². The van der Waals surface area contributed by atoms with Crippen molar-refractivity contribution in [2.75, 3.05) is 46.7 Å². The van der Waals surface area contributed by atoms with Gasteiger partial charge < -0.3 is 18.9 Å². The Kier molecular flexibility index (Phi) is 13.1. The Morgan fingerprint density at radius 2 is 1.51 bits per heavy atom. The van der Waals surface area contributed by atoms with E-state index in [4.69, 9.17) is 24.5 Å². The molecule has 0 radical (unpaired) electrons. The van der Waals surface area contributed by atoms with Crippen LogP contribution in [0.25, 0.3) is 10.4 Å². The Balaban J connectivity index is 1.74. The van der Waals surface area contributed by atoms with Crippen LogP contribution in [0.3, 0.4) is 0 Å². The Labute approximate surface area is 203 Å². The lowest BCUT2D eigenvalue weighted by atomic mass is 9.91. The molecule has 0 amide bonds. The quantitative estimate of drug-likeness (QED) is 0.0624. The molecule has 1 unspecified atom stereocenters. The number of rotatable bonds is 17. The largest absolute Gasteiger partial charge is 0.468 e. The summed E-state index contributed by atoms with van der Waals surface area (Å²) in [5.74, 6) is -2.18. The normalized spacial score (nSPS) is 11.5. The highest BCUT2D eigenvalue weighted by molar-refractivity contribution is 6.08. The van der Waals surface area contributed by atoms with Crippen LogP contribution in [-0.2, 0) is 36.8 Å². The van der Waals surface area contributed by atoms with Gasteiger partial charge in [-0.2, -0.15) is 0 Å². The predicted octanol–water partition coefficient (Wildman–Crippen LogP) is 4.29. The van der Waals surface area contributed by atoms with Gasteiger partial charge in [0.15, 0.2) is 5.78 Å². The van der Waals surface area contributed by atoms with E-state index < -0.39 is 11.9 Å². The zero-order valence-electron chi connectivity index (χ0n) is 19.7. The van der Waals surface area contributed by atoms with Crippen LogP contribution in [-0.4, -0.2) is 58.4 Å². The first kappa shape index (κ1) is 27.9. The summed E-state index contributed by atoms with van der Waals surface area (Å²) in [6, 6.07) is 12.9. The number of hydrogen-bond donors (Lipinski definition) is 0. The van der Waals surface area contributed by atoms with Crippen molar-refractivity contribution in [2.45, 2.75) is 19.4 Å². The number of ether oxygens (including phenoxy) is 4. The number of halogens is 1. The molecule has 0 aliphatic heterocycles. The lowest BCUT2D eigenvalue weighted by molar-refractivity contribution is -0.143. The molecule has 0 aliphatic rings. The maximum absolute atomic E-state index is 13.1. The van der Waals surface area contributed by atoms with Crippen LogP contribution >= 0.6 is 0 Å². The third kappa shape index (κ3) is 10.7. The Bertz CT molecular complexity index is 962. The molecule has 188 valence electrons. The molecule has 0 saturated heterocycles. The van der Waals surface area contributed by atoms with E-state index >= 15 is 0 Å². The number of ketones is 1. The molecule has 0 bridgehead atoms. The summed E-state index contributed by atoms with van der Waals surface area (Å²) >= 11 is 0. The van der Waals surface area contributed by atoms with Crippen molar-refractivity contribution < 1.29 is 32.9 Å². The second-order valence-electron chi connectivity index (χ2n) is 7.53. The molecule has 10 heteroatoms. The predicted molar refractivity (Wildman–Crippen MR) is 126 cm³/mol. The van der Waals surface area contributed by atoms with Gasteiger partial charge in [0.1, 0.15) is 11.7 Å². The number of carbonyl (C=O) groups excluding carboxylic acids is 2. The molecule has 0 saturated carbocycles. The van der Waals surface area contributed by atoms with Gasteiger partial charge in [0.05, 0.1) is 46.8 Å². The number of nitrogens with zero attached hydrogens (tertiary/aromatic N) is 3. The summed E-state index contributed by atoms with van der Waals surface area (Å²) in [5.41, 5.74) is 10.3. The van der Waals surface area contributed by atoms with Gasteiger partial charge in [-0.3, -0.25) is 9.59 Å². The minimum atomic E-state index is -0.938. The zero-order valence-corrected chi connectivity index (χ0v) is 19.7. The molecular weight excluding hydrogens is 457 g/mol. The maximum Gasteiger partial charge on any atom is 0.316 e. The number of benzene rings is 2. The number of carbonyl (C=O) groups is 2. The van der Waals surface area contributed by atoms with Gasteiger partial charge in [0.2, 0.25) is 0 Å². The lowest BCUT2D eigenvalue weighted by Gasteiger charge is -2.14. The van der Waals surface area contributed by atoms with Crippen LogP contribution in [0.4, 0.5) is 4.39 Å². The van der Waals surface area contributed by atoms with Crippen molar-refractivity contribution in [3.05, 3.63) is 81.5 Å². The number of aryl methyl sites for hydroxylation is 1. The monoisotopic (exact) mass is 487 g/mol. The number of methoxy groups -OCH3 is 1. The Morgan fingerprint density at radius 3 is 2.14 bits per heavy atom. The minimum Gasteiger partial charge on any atom is -0.468 e. The molecular formula is C25H30FN3O6. The summed E-state index contributed by atoms with van der Waals surface area (Å²) in [6.07, 6.45) is 0.711. The van der Waals surface area contributed by atoms with E-state index in [2.05, 4.69) is 10.0 Å². The van der Waals surface area contributed by atoms with E-state index in [9.17, 15) is 14.0 Å². The van der Waals surface area contributed by atoms with Crippen molar-refractivity contribution in [3.8, 4) is 0 Å². The van der Waals surface area contributed by atoms with Gasteiger partial charge >= 0.3 is 5.97 Å². The summed E-state index contributed by atoms with van der Waals surface area (Å²) in [5, 5.41) is 3.36. The fraction of sp³-hybridized carbons (Fsp3) is 0.440. The molecule has 0 N–H and O–H groups in total. The summed E-state index contributed by atoms with van der Waals surface area (Å²) in [4.78, 5) is 27.8. The molecule has 2 rings (SSSR count). The van der Waals surface area contributed by atoms with Crippen molar-refractivity contribution in [3.63, 3.8) is 0 Å². The van der Waals surface area contributed by atoms with Gasteiger partial charge in [0, 0.05) is 17.0 Å². The SMILES string of the molecule is COC(=O)C(CCc1ccc(F)cc1)C(=O)c1ccc(COCCOCCOCCN=[N+]=[N-])cc1. The standard InChI is InChI=1S/C25H30FN3O6/c1-32-25(31)23(11-6-19-4-9-22(26)10-5-19)24(30)21-7-2-20(3-8-21)18-35-17-16-34-15-14-33-13-12-28-29-27/h2-5,7-10,23H,6,11-18H2,1H3. The molecule has 2 aromatic carbocycles. The first-order valence-corrected chi connectivity index (χ1v) is 11.2. The summed E-state index contributed by atoms with van der Waals surface area (Å²) in [6.45, 7) is 2.64. The fourth-order valence-corrected chi connectivity index (χ4v) is 3.21. The molecule has 2 aromatic rings. The van der Waals surface area contributed by atoms with Crippen LogP contribution in [0.15, 0.2) is 53.6 Å². The van der Waals surface area contributed by atoms with Crippen molar-refractivity contribution in [1.82, 2.24) is 0 Å². The van der Waals surface area contributed by atoms with Crippen molar-refractivity contribution >= 4 is 11.8 Å². The number of hydrogen-bond acceptors (Lipinski definition) is 7. The van der Waals surface area contributed by atoms with E-state index in [1.54, 1.807) is 36.4 Å². The van der Waals surface area contributed by atoms with Crippen LogP contribution in [0, 0.1) is 11.7 Å². The van der Waals surface area contributed by atoms with Crippen molar-refractivity contribution in [1.29, 1.82) is 0 Å². The second kappa shape index (κ2) is 16.3. The van der Waals surface area contributed by atoms with Gasteiger partial charge in [0.25, 0.3) is 0 Å². The number of azide groups is 1. The first-order valence-electron chi connectivity index (χ1n) is 11.2. The third-order valence-electron chi connectivity index (χ3n) is 5.09. The van der Waals surface area contributed by atoms with Gasteiger partial charge in [-0.15, -0.1) is 0 Å². The van der Waals surface area contributed by atoms with E-state index in [1.165, 1.54) is 19.2 Å². The van der Waals surface area contributed by atoms with Crippen LogP contribution in [0.5, 0.6) is 0 Å². The minimum absolute atomic E-state index is 0.265. The second-order valence-corrected chi connectivity index (χ2v) is 7.53. The maximum atomic E-state index is 13.1. The third-order valence-corrected chi connectivity index (χ3v) is 5.09. The molecule has 1 atom stereocenters. The molecule has 0 spiro atoms. The summed E-state index contributed by atoms with van der Waals surface area (Å²) < 4.78 is 34.1. The highest BCUT2D eigenvalue weighted by Gasteiger charge is 2.28. The molecule has 35 heavy (non-hydrogen) atoms. The summed E-state index contributed by atoms with van der Waals surface area (Å²) in [7, 11) is 1.25. The Hall–Kier alpha value is -3.30. The van der Waals surface area contributed by atoms with Gasteiger partial charge in [-0.25, -0.2) is 4.39 Å². The van der Waals surface area contributed by atoms with E-state index in [-0.39, 0.29) is 18.0 Å². The van der Waals surface area contributed by atoms with Crippen LogP contribution < -0.4 is 0 Å². The molecule has 0 aromatic heterocycles. The average Bonchev–Trinajstić information content (AvgIpc) is 2.88. The topological polar surface area (TPSA) is 120 Å². The fourth-order valence-electron chi connectivity index (χ4n) is 3.21. The van der Waals surface area contributed by atoms with Crippen LogP contribution in [0.1, 0.15) is 27.9 Å².